The van der Waals surface area contributed by atoms with Crippen molar-refractivity contribution < 1.29 is 15.0 Å². The first-order valence-corrected chi connectivity index (χ1v) is 23.9. The maximum absolute atomic E-state index is 12.4. The van der Waals surface area contributed by atoms with Gasteiger partial charge in [0.2, 0.25) is 5.91 Å². The molecule has 0 saturated heterocycles. The third kappa shape index (κ3) is 40.3. The Kier molecular flexibility index (Phi) is 43.8. The summed E-state index contributed by atoms with van der Waals surface area (Å²) in [5.41, 5.74) is 0. The van der Waals surface area contributed by atoms with E-state index in [1.807, 2.05) is 0 Å². The van der Waals surface area contributed by atoms with Gasteiger partial charge in [0.25, 0.3) is 0 Å². The van der Waals surface area contributed by atoms with Crippen molar-refractivity contribution in [2.24, 2.45) is 0 Å². The van der Waals surface area contributed by atoms with Crippen molar-refractivity contribution in [2.45, 2.75) is 283 Å². The fourth-order valence-corrected chi connectivity index (χ4v) is 7.59. The highest BCUT2D eigenvalue weighted by atomic mass is 16.3. The average molecular weight is 734 g/mol. The van der Waals surface area contributed by atoms with Crippen LogP contribution in [-0.4, -0.2) is 34.9 Å². The van der Waals surface area contributed by atoms with Crippen LogP contribution in [0.15, 0.2) is 12.2 Å². The monoisotopic (exact) mass is 734 g/mol. The maximum atomic E-state index is 12.4. The van der Waals surface area contributed by atoms with E-state index < -0.39 is 12.1 Å². The van der Waals surface area contributed by atoms with Crippen molar-refractivity contribution in [3.63, 3.8) is 0 Å². The smallest absolute Gasteiger partial charge is 0.220 e. The number of unbranched alkanes of at least 4 members (excludes halogenated alkanes) is 35. The van der Waals surface area contributed by atoms with Crippen LogP contribution in [0.25, 0.3) is 0 Å². The van der Waals surface area contributed by atoms with Crippen LogP contribution in [-0.2, 0) is 4.79 Å². The summed E-state index contributed by atoms with van der Waals surface area (Å²) in [4.78, 5) is 12.4. The van der Waals surface area contributed by atoms with Crippen LogP contribution in [0.2, 0.25) is 0 Å². The number of hydrogen-bond acceptors (Lipinski definition) is 3. The summed E-state index contributed by atoms with van der Waals surface area (Å²) < 4.78 is 0. The van der Waals surface area contributed by atoms with E-state index in [4.69, 9.17) is 0 Å². The van der Waals surface area contributed by atoms with E-state index >= 15 is 0 Å². The Labute approximate surface area is 327 Å². The molecule has 2 atom stereocenters. The number of nitrogens with one attached hydrogen (secondary N) is 1. The SMILES string of the molecule is CCCCCC/C=C\CCCCCCCC(=O)NC(CO)C(O)CCCCCCCCCCCCCCCCCCCCCCCCCCCCC. The van der Waals surface area contributed by atoms with Crippen LogP contribution < -0.4 is 5.32 Å². The van der Waals surface area contributed by atoms with Gasteiger partial charge in [0, 0.05) is 6.42 Å². The quantitative estimate of drug-likeness (QED) is 0.0431. The number of carbonyl (C=O) groups is 1. The molecular formula is C48H95NO3. The van der Waals surface area contributed by atoms with Gasteiger partial charge >= 0.3 is 0 Å². The maximum Gasteiger partial charge on any atom is 0.220 e. The van der Waals surface area contributed by atoms with Gasteiger partial charge in [-0.05, 0) is 38.5 Å². The minimum Gasteiger partial charge on any atom is -0.394 e. The Morgan fingerprint density at radius 3 is 1.08 bits per heavy atom. The molecule has 0 aromatic heterocycles. The molecule has 52 heavy (non-hydrogen) atoms. The Bertz CT molecular complexity index is 710. The predicted octanol–water partition coefficient (Wildman–Crippen LogP) is 15.0. The van der Waals surface area contributed by atoms with Crippen molar-refractivity contribution in [1.82, 2.24) is 5.32 Å². The number of hydrogen-bond donors (Lipinski definition) is 3. The minimum absolute atomic E-state index is 0.0377. The summed E-state index contributed by atoms with van der Waals surface area (Å²) in [5, 5.41) is 23.2. The van der Waals surface area contributed by atoms with E-state index in [1.54, 1.807) is 0 Å². The fourth-order valence-electron chi connectivity index (χ4n) is 7.59. The highest BCUT2D eigenvalue weighted by molar-refractivity contribution is 5.76. The zero-order chi connectivity index (χ0) is 37.8. The van der Waals surface area contributed by atoms with Crippen LogP contribution in [0.3, 0.4) is 0 Å². The second kappa shape index (κ2) is 44.5. The summed E-state index contributed by atoms with van der Waals surface area (Å²) in [6.07, 6.45) is 56.0. The van der Waals surface area contributed by atoms with E-state index in [0.29, 0.717) is 12.8 Å². The van der Waals surface area contributed by atoms with Gasteiger partial charge in [-0.2, -0.15) is 0 Å². The zero-order valence-corrected chi connectivity index (χ0v) is 35.6. The summed E-state index contributed by atoms with van der Waals surface area (Å²) in [6.45, 7) is 4.36. The molecule has 4 heteroatoms. The van der Waals surface area contributed by atoms with Gasteiger partial charge in [0.05, 0.1) is 18.8 Å². The Hall–Kier alpha value is -0.870. The van der Waals surface area contributed by atoms with Gasteiger partial charge in [-0.15, -0.1) is 0 Å². The highest BCUT2D eigenvalue weighted by Gasteiger charge is 2.20. The van der Waals surface area contributed by atoms with Gasteiger partial charge in [-0.25, -0.2) is 0 Å². The van der Waals surface area contributed by atoms with Crippen LogP contribution in [0.5, 0.6) is 0 Å². The third-order valence-electron chi connectivity index (χ3n) is 11.3. The molecule has 4 nitrogen and oxygen atoms in total. The fraction of sp³-hybridized carbons (Fsp3) is 0.938. The number of amides is 1. The van der Waals surface area contributed by atoms with E-state index in [9.17, 15) is 15.0 Å². The average Bonchev–Trinajstić information content (AvgIpc) is 3.15. The molecule has 0 aliphatic rings. The molecule has 0 saturated carbocycles. The molecule has 0 rings (SSSR count). The van der Waals surface area contributed by atoms with E-state index in [-0.39, 0.29) is 12.5 Å². The lowest BCUT2D eigenvalue weighted by Crippen LogP contribution is -2.45. The van der Waals surface area contributed by atoms with Crippen molar-refractivity contribution >= 4 is 5.91 Å². The second-order valence-electron chi connectivity index (χ2n) is 16.5. The van der Waals surface area contributed by atoms with Crippen LogP contribution in [0.1, 0.15) is 271 Å². The highest BCUT2D eigenvalue weighted by Crippen LogP contribution is 2.17. The summed E-state index contributed by atoms with van der Waals surface area (Å²) in [7, 11) is 0. The van der Waals surface area contributed by atoms with Gasteiger partial charge in [0.15, 0.2) is 0 Å². The Morgan fingerprint density at radius 2 is 0.731 bits per heavy atom. The molecule has 310 valence electrons. The van der Waals surface area contributed by atoms with Gasteiger partial charge in [0.1, 0.15) is 0 Å². The first kappa shape index (κ1) is 51.1. The molecule has 0 bridgehead atoms. The molecular weight excluding hydrogens is 639 g/mol. The summed E-state index contributed by atoms with van der Waals surface area (Å²) >= 11 is 0. The molecule has 0 heterocycles. The first-order valence-electron chi connectivity index (χ1n) is 23.9. The molecule has 0 aromatic rings. The van der Waals surface area contributed by atoms with Gasteiger partial charge < -0.3 is 15.5 Å². The van der Waals surface area contributed by atoms with E-state index in [1.165, 1.54) is 218 Å². The Morgan fingerprint density at radius 1 is 0.442 bits per heavy atom. The van der Waals surface area contributed by atoms with Crippen molar-refractivity contribution in [3.8, 4) is 0 Å². The van der Waals surface area contributed by atoms with E-state index in [2.05, 4.69) is 31.3 Å². The van der Waals surface area contributed by atoms with E-state index in [0.717, 1.165) is 25.7 Å². The van der Waals surface area contributed by atoms with Crippen molar-refractivity contribution in [1.29, 1.82) is 0 Å². The molecule has 0 radical (unpaired) electrons. The number of aliphatic hydroxyl groups is 2. The minimum atomic E-state index is -0.659. The topological polar surface area (TPSA) is 69.6 Å². The number of aliphatic hydroxyl groups excluding tert-OH is 2. The lowest BCUT2D eigenvalue weighted by molar-refractivity contribution is -0.123. The predicted molar refractivity (Wildman–Crippen MR) is 230 cm³/mol. The molecule has 3 N–H and O–H groups in total. The molecule has 0 aliphatic carbocycles. The molecule has 0 spiro atoms. The molecule has 2 unspecified atom stereocenters. The number of carbonyl (C=O) groups excluding carboxylic acids is 1. The van der Waals surface area contributed by atoms with Crippen molar-refractivity contribution in [3.05, 3.63) is 12.2 Å². The largest absolute Gasteiger partial charge is 0.394 e. The third-order valence-corrected chi connectivity index (χ3v) is 11.3. The summed E-state index contributed by atoms with van der Waals surface area (Å²) in [6, 6.07) is -0.537. The lowest BCUT2D eigenvalue weighted by Gasteiger charge is -2.22. The normalized spacial score (nSPS) is 12.9. The zero-order valence-electron chi connectivity index (χ0n) is 35.6. The summed E-state index contributed by atoms with van der Waals surface area (Å²) in [5.74, 6) is -0.0377. The lowest BCUT2D eigenvalue weighted by atomic mass is 10.0. The van der Waals surface area contributed by atoms with Gasteiger partial charge in [-0.1, -0.05) is 238 Å². The number of rotatable bonds is 44. The van der Waals surface area contributed by atoms with Crippen molar-refractivity contribution in [2.75, 3.05) is 6.61 Å². The molecule has 1 amide bonds. The Balaban J connectivity index is 3.42. The molecule has 0 aromatic carbocycles. The standard InChI is InChI=1S/C48H95NO3/c1-3-5-7-9-11-13-15-17-18-19-20-21-22-23-24-25-26-27-28-29-30-32-33-35-37-39-41-43-47(51)46(45-50)49-48(52)44-42-40-38-36-34-31-16-14-12-10-8-6-4-2/h14,16,46-47,50-51H,3-13,15,17-45H2,1-2H3,(H,49,52)/b16-14-. The van der Waals surface area contributed by atoms with Crippen LogP contribution in [0.4, 0.5) is 0 Å². The second-order valence-corrected chi connectivity index (χ2v) is 16.5. The van der Waals surface area contributed by atoms with Gasteiger partial charge in [-0.3, -0.25) is 4.79 Å². The first-order chi connectivity index (χ1) is 25.7. The molecule has 0 fully saturated rings. The van der Waals surface area contributed by atoms with Crippen LogP contribution in [0, 0.1) is 0 Å². The molecule has 0 aliphatic heterocycles. The number of allylic oxidation sites excluding steroid dienone is 2. The van der Waals surface area contributed by atoms with Crippen LogP contribution >= 0.6 is 0 Å².